The summed E-state index contributed by atoms with van der Waals surface area (Å²) in [6.45, 7) is 9.51. The van der Waals surface area contributed by atoms with E-state index in [0.717, 1.165) is 0 Å². The molecule has 0 aromatic heterocycles. The van der Waals surface area contributed by atoms with Gasteiger partial charge in [-0.2, -0.15) is 74.6 Å². The molecule has 2 atom stereocenters. The summed E-state index contributed by atoms with van der Waals surface area (Å²) in [5, 5.41) is 2.59. The molecule has 0 unspecified atom stereocenters. The molecule has 0 saturated heterocycles. The van der Waals surface area contributed by atoms with Crippen molar-refractivity contribution in [2.24, 2.45) is 5.92 Å². The lowest BCUT2D eigenvalue weighted by molar-refractivity contribution is -0.461. The molecule has 1 N–H and O–H groups in total. The van der Waals surface area contributed by atoms with Gasteiger partial charge in [0.05, 0.1) is 20.3 Å². The van der Waals surface area contributed by atoms with Gasteiger partial charge in [-0.15, -0.1) is 0 Å². The molecule has 0 radical (unpaired) electrons. The molecule has 0 aliphatic carbocycles. The van der Waals surface area contributed by atoms with Crippen LogP contribution in [0.4, 0.5) is 85.1 Å². The first-order chi connectivity index (χ1) is 31.4. The van der Waals surface area contributed by atoms with E-state index in [-0.39, 0.29) is 12.4 Å². The van der Waals surface area contributed by atoms with E-state index in [1.54, 1.807) is 51.1 Å². The average molecular weight is 1040 g/mol. The quantitative estimate of drug-likeness (QED) is 0.0264. The maximum Gasteiger partial charge on any atom is 0.460 e. The van der Waals surface area contributed by atoms with E-state index in [9.17, 15) is 75.4 Å². The Morgan fingerprint density at radius 3 is 1.61 bits per heavy atom. The van der Waals surface area contributed by atoms with Crippen LogP contribution in [0, 0.1) is 5.92 Å². The van der Waals surface area contributed by atoms with Crippen LogP contribution in [0.2, 0.25) is 17.1 Å². The number of hydrogen-bond donors (Lipinski definition) is 1. The fraction of sp³-hybridized carbons (Fsp3) is 0.581. The lowest BCUT2D eigenvalue weighted by atomic mass is 9.88. The summed E-state index contributed by atoms with van der Waals surface area (Å²) in [6.07, 6.45) is -8.04. The van der Waals surface area contributed by atoms with E-state index in [0.29, 0.717) is 22.6 Å². The lowest BCUT2D eigenvalue weighted by Gasteiger charge is -2.44. The number of amides is 1. The number of rotatable bonds is 25. The average Bonchev–Trinajstić information content (AvgIpc) is 3.24. The Balaban J connectivity index is 2.34. The maximum atomic E-state index is 15.0. The SMILES string of the molecule is CCOC(=O)/C=C/C=C(\C)[C@H](C)[C@@H](OC(=O)Nc1ccc(OC)cc1)c1ccc(OCCO[Si](CCC(F)(F)C(F)(F)C(F)(F)C(F)(F)C(F)(F)C(F)(F)C(F)(F)C(F)(F)F)(C(C)C)C(C)C)cc1. The molecular weight excluding hydrogens is 994 g/mol. The lowest BCUT2D eigenvalue weighted by Crippen LogP contribution is -2.74. The van der Waals surface area contributed by atoms with Crippen molar-refractivity contribution in [2.75, 3.05) is 32.2 Å². The highest BCUT2D eigenvalue weighted by Crippen LogP contribution is 2.64. The number of halogens is 17. The summed E-state index contributed by atoms with van der Waals surface area (Å²) in [5.41, 5.74) is -0.367. The van der Waals surface area contributed by atoms with Crippen molar-refractivity contribution in [1.82, 2.24) is 0 Å². The Morgan fingerprint density at radius 2 is 1.14 bits per heavy atom. The van der Waals surface area contributed by atoms with E-state index < -0.39 is 117 Å². The van der Waals surface area contributed by atoms with Crippen LogP contribution >= 0.6 is 0 Å². The van der Waals surface area contributed by atoms with Crippen molar-refractivity contribution in [3.63, 3.8) is 0 Å². The van der Waals surface area contributed by atoms with Crippen molar-refractivity contribution in [1.29, 1.82) is 0 Å². The van der Waals surface area contributed by atoms with Gasteiger partial charge in [-0.3, -0.25) is 5.32 Å². The van der Waals surface area contributed by atoms with Gasteiger partial charge in [0.2, 0.25) is 0 Å². The van der Waals surface area contributed by atoms with Gasteiger partial charge in [-0.05, 0) is 72.9 Å². The predicted octanol–water partition coefficient (Wildman–Crippen LogP) is 14.2. The third-order valence-corrected chi connectivity index (χ3v) is 16.8. The molecule has 0 aliphatic heterocycles. The Hall–Kier alpha value is -4.75. The number of benzene rings is 2. The molecule has 2 aromatic carbocycles. The van der Waals surface area contributed by atoms with Gasteiger partial charge >= 0.3 is 59.7 Å². The zero-order valence-corrected chi connectivity index (χ0v) is 39.0. The number of nitrogens with one attached hydrogen (secondary N) is 1. The molecular formula is C43H50F17NO7Si. The van der Waals surface area contributed by atoms with Crippen LogP contribution in [0.5, 0.6) is 11.5 Å². The van der Waals surface area contributed by atoms with Crippen LogP contribution < -0.4 is 14.8 Å². The number of carbonyl (C=O) groups is 2. The second-order valence-corrected chi connectivity index (χ2v) is 21.2. The van der Waals surface area contributed by atoms with Crippen LogP contribution in [0.15, 0.2) is 72.3 Å². The number of hydrogen-bond acceptors (Lipinski definition) is 7. The monoisotopic (exact) mass is 1040 g/mol. The Labute approximate surface area is 386 Å². The summed E-state index contributed by atoms with van der Waals surface area (Å²) in [5.74, 6) is -57.4. The topological polar surface area (TPSA) is 92.3 Å². The molecule has 0 heterocycles. The minimum atomic E-state index is -8.70. The third-order valence-electron chi connectivity index (χ3n) is 11.1. The summed E-state index contributed by atoms with van der Waals surface area (Å²) >= 11 is 0. The predicted molar refractivity (Wildman–Crippen MR) is 218 cm³/mol. The van der Waals surface area contributed by atoms with E-state index >= 15 is 8.78 Å². The van der Waals surface area contributed by atoms with E-state index in [1.165, 1.54) is 71.2 Å². The zero-order chi connectivity index (χ0) is 53.4. The summed E-state index contributed by atoms with van der Waals surface area (Å²) in [7, 11) is -2.58. The summed E-state index contributed by atoms with van der Waals surface area (Å²) in [4.78, 5) is 24.9. The molecule has 0 aliphatic rings. The standard InChI is InChI=1S/C43H50F17NO7Si/c1-9-65-33(62)12-10-11-27(6)28(7)34(68-35(63)61-30-15-19-31(64-8)20-16-30)29-13-17-32(18-14-29)66-22-23-67-69(25(2)3,26(4)5)24-21-36(44,45)37(46,47)38(48,49)39(50,51)40(52,53)41(54,55)42(56,57)43(58,59)60/h10-20,25-26,28,34H,9,21-24H2,1-8H3,(H,61,63)/b12-10+,27-11+/t28-,34+/m0/s1. The van der Waals surface area contributed by atoms with Crippen LogP contribution in [0.3, 0.4) is 0 Å². The van der Waals surface area contributed by atoms with Gasteiger partial charge in [0.15, 0.2) is 8.32 Å². The van der Waals surface area contributed by atoms with Gasteiger partial charge in [-0.25, -0.2) is 9.59 Å². The molecule has 69 heavy (non-hydrogen) atoms. The second-order valence-electron chi connectivity index (χ2n) is 16.2. The second kappa shape index (κ2) is 22.6. The summed E-state index contributed by atoms with van der Waals surface area (Å²) in [6, 6.07) is 10.8. The molecule has 0 saturated carbocycles. The Kier molecular flexibility index (Phi) is 19.7. The highest BCUT2D eigenvalue weighted by molar-refractivity contribution is 6.76. The highest BCUT2D eigenvalue weighted by atomic mass is 28.4. The van der Waals surface area contributed by atoms with E-state index in [1.807, 2.05) is 0 Å². The van der Waals surface area contributed by atoms with Gasteiger partial charge in [0.25, 0.3) is 0 Å². The van der Waals surface area contributed by atoms with E-state index in [4.69, 9.17) is 23.4 Å². The van der Waals surface area contributed by atoms with Crippen LogP contribution in [0.25, 0.3) is 0 Å². The number of ether oxygens (including phenoxy) is 4. The molecule has 1 amide bonds. The van der Waals surface area contributed by atoms with Crippen LogP contribution in [0.1, 0.15) is 66.6 Å². The molecule has 0 fully saturated rings. The number of methoxy groups -OCH3 is 1. The Morgan fingerprint density at radius 1 is 0.667 bits per heavy atom. The van der Waals surface area contributed by atoms with Gasteiger partial charge in [0, 0.05) is 24.1 Å². The maximum absolute atomic E-state index is 15.0. The number of carbonyl (C=O) groups excluding carboxylic acids is 2. The van der Waals surface area contributed by atoms with Crippen molar-refractivity contribution >= 4 is 26.1 Å². The molecule has 2 aromatic rings. The minimum absolute atomic E-state index is 0.118. The first kappa shape index (κ1) is 60.4. The molecule has 8 nitrogen and oxygen atoms in total. The number of esters is 1. The van der Waals surface area contributed by atoms with Crippen molar-refractivity contribution < 1.29 is 108 Å². The molecule has 392 valence electrons. The number of allylic oxidation sites excluding steroid dienone is 2. The number of anilines is 1. The number of alkyl halides is 17. The fourth-order valence-corrected chi connectivity index (χ4v) is 11.2. The van der Waals surface area contributed by atoms with E-state index in [2.05, 4.69) is 5.32 Å². The van der Waals surface area contributed by atoms with Crippen LogP contribution in [-0.4, -0.2) is 94.9 Å². The van der Waals surface area contributed by atoms with Gasteiger partial charge in [-0.1, -0.05) is 64.5 Å². The smallest absolute Gasteiger partial charge is 0.460 e. The first-order valence-corrected chi connectivity index (χ1v) is 22.8. The first-order valence-electron chi connectivity index (χ1n) is 20.6. The van der Waals surface area contributed by atoms with Crippen molar-refractivity contribution in [2.45, 2.75) is 126 Å². The largest absolute Gasteiger partial charge is 0.497 e. The van der Waals surface area contributed by atoms with Gasteiger partial charge < -0.3 is 23.4 Å². The minimum Gasteiger partial charge on any atom is -0.497 e. The van der Waals surface area contributed by atoms with Crippen molar-refractivity contribution in [3.8, 4) is 11.5 Å². The molecule has 26 heteroatoms. The Bertz CT molecular complexity index is 2050. The zero-order valence-electron chi connectivity index (χ0n) is 38.0. The fourth-order valence-electron chi connectivity index (χ4n) is 6.76. The third kappa shape index (κ3) is 12.8. The van der Waals surface area contributed by atoms with Gasteiger partial charge in [0.1, 0.15) is 24.2 Å². The normalized spacial score (nSPS) is 15.1. The summed E-state index contributed by atoms with van der Waals surface area (Å²) < 4.78 is 264. The molecule has 0 bridgehead atoms. The van der Waals surface area contributed by atoms with Crippen molar-refractivity contribution in [3.05, 3.63) is 77.9 Å². The molecule has 0 spiro atoms. The highest BCUT2D eigenvalue weighted by Gasteiger charge is 2.95. The van der Waals surface area contributed by atoms with Crippen LogP contribution in [-0.2, 0) is 18.7 Å². The molecule has 2 rings (SSSR count).